The van der Waals surface area contributed by atoms with Gasteiger partial charge in [0, 0.05) is 18.6 Å². The Labute approximate surface area is 137 Å². The van der Waals surface area contributed by atoms with Crippen molar-refractivity contribution in [1.82, 2.24) is 14.4 Å². The van der Waals surface area contributed by atoms with E-state index in [1.807, 2.05) is 30.3 Å². The van der Waals surface area contributed by atoms with E-state index < -0.39 is 0 Å². The molecule has 0 aliphatic heterocycles. The maximum atomic E-state index is 11.8. The number of rotatable bonds is 3. The summed E-state index contributed by atoms with van der Waals surface area (Å²) in [5.74, 6) is 0. The van der Waals surface area contributed by atoms with E-state index in [4.69, 9.17) is 0 Å². The van der Waals surface area contributed by atoms with Crippen molar-refractivity contribution in [2.75, 3.05) is 0 Å². The van der Waals surface area contributed by atoms with Gasteiger partial charge in [0.25, 0.3) is 0 Å². The average molecular weight is 316 g/mol. The zero-order valence-electron chi connectivity index (χ0n) is 12.5. The molecule has 0 fully saturated rings. The molecule has 4 aromatic rings. The first-order valence-electron chi connectivity index (χ1n) is 7.37. The summed E-state index contributed by atoms with van der Waals surface area (Å²) in [6, 6.07) is 16.2. The van der Waals surface area contributed by atoms with Gasteiger partial charge in [0.1, 0.15) is 11.1 Å². The zero-order valence-corrected chi connectivity index (χ0v) is 12.5. The quantitative estimate of drug-likeness (QED) is 0.423. The molecule has 4 aromatic heterocycles. The fourth-order valence-electron chi connectivity index (χ4n) is 2.88. The Balaban J connectivity index is 2.19. The number of aromatic nitrogens is 3. The van der Waals surface area contributed by atoms with Crippen LogP contribution >= 0.6 is 0 Å². The van der Waals surface area contributed by atoms with E-state index in [-0.39, 0.29) is 10.6 Å². The minimum absolute atomic E-state index is 0.0370. The molecular formula is C18H12N4O2. The van der Waals surface area contributed by atoms with Crippen molar-refractivity contribution in [3.05, 3.63) is 83.3 Å². The van der Waals surface area contributed by atoms with Crippen LogP contribution in [0.2, 0.25) is 0 Å². The molecule has 0 spiro atoms. The molecule has 6 nitrogen and oxygen atoms in total. The van der Waals surface area contributed by atoms with E-state index in [1.165, 1.54) is 0 Å². The molecule has 6 heteroatoms. The van der Waals surface area contributed by atoms with Gasteiger partial charge in [-0.1, -0.05) is 18.2 Å². The average Bonchev–Trinajstić information content (AvgIpc) is 2.98. The molecule has 0 unspecified atom stereocenters. The second kappa shape index (κ2) is 5.58. The summed E-state index contributed by atoms with van der Waals surface area (Å²) in [4.78, 5) is 20.2. The lowest BCUT2D eigenvalue weighted by Crippen LogP contribution is -1.93. The molecule has 0 N–H and O–H groups in total. The van der Waals surface area contributed by atoms with E-state index in [2.05, 4.69) is 9.97 Å². The van der Waals surface area contributed by atoms with Crippen LogP contribution < -0.4 is 0 Å². The molecule has 0 aliphatic carbocycles. The maximum absolute atomic E-state index is 11.8. The largest absolute Gasteiger partial charge is 0.308 e. The van der Waals surface area contributed by atoms with Gasteiger partial charge in [0.05, 0.1) is 22.0 Å². The second-order valence-corrected chi connectivity index (χ2v) is 5.22. The van der Waals surface area contributed by atoms with Gasteiger partial charge >= 0.3 is 5.69 Å². The monoisotopic (exact) mass is 316 g/mol. The maximum Gasteiger partial charge on any atom is 0.304 e. The van der Waals surface area contributed by atoms with Crippen molar-refractivity contribution in [1.29, 1.82) is 0 Å². The van der Waals surface area contributed by atoms with Gasteiger partial charge in [-0.3, -0.25) is 20.1 Å². The Kier molecular flexibility index (Phi) is 3.28. The molecule has 0 aliphatic rings. The number of pyridine rings is 3. The summed E-state index contributed by atoms with van der Waals surface area (Å²) in [6.07, 6.45) is 5.11. The van der Waals surface area contributed by atoms with Gasteiger partial charge in [-0.15, -0.1) is 0 Å². The van der Waals surface area contributed by atoms with Crippen LogP contribution in [-0.2, 0) is 0 Å². The predicted molar refractivity (Wildman–Crippen MR) is 90.5 cm³/mol. The van der Waals surface area contributed by atoms with E-state index in [1.54, 1.807) is 47.3 Å². The number of hydrogen-bond donors (Lipinski definition) is 0. The molecular weight excluding hydrogens is 304 g/mol. The van der Waals surface area contributed by atoms with Crippen molar-refractivity contribution in [3.8, 4) is 22.6 Å². The highest BCUT2D eigenvalue weighted by atomic mass is 16.6. The lowest BCUT2D eigenvalue weighted by atomic mass is 10.1. The van der Waals surface area contributed by atoms with Gasteiger partial charge in [0.15, 0.2) is 0 Å². The third kappa shape index (κ3) is 2.13. The number of fused-ring (bicyclic) bond motifs is 1. The fourth-order valence-corrected chi connectivity index (χ4v) is 2.88. The molecule has 0 amide bonds. The molecule has 4 heterocycles. The molecule has 0 atom stereocenters. The normalized spacial score (nSPS) is 10.8. The Morgan fingerprint density at radius 3 is 2.17 bits per heavy atom. The molecule has 24 heavy (non-hydrogen) atoms. The highest BCUT2D eigenvalue weighted by Gasteiger charge is 2.29. The van der Waals surface area contributed by atoms with Crippen LogP contribution in [0.1, 0.15) is 0 Å². The third-order valence-electron chi connectivity index (χ3n) is 3.83. The van der Waals surface area contributed by atoms with Gasteiger partial charge < -0.3 is 4.40 Å². The zero-order chi connectivity index (χ0) is 16.5. The predicted octanol–water partition coefficient (Wildman–Crippen LogP) is 3.97. The molecule has 116 valence electrons. The summed E-state index contributed by atoms with van der Waals surface area (Å²) < 4.78 is 1.80. The van der Waals surface area contributed by atoms with Crippen LogP contribution in [0.5, 0.6) is 0 Å². The van der Waals surface area contributed by atoms with Crippen molar-refractivity contribution in [2.24, 2.45) is 0 Å². The van der Waals surface area contributed by atoms with E-state index in [0.717, 1.165) is 0 Å². The number of nitro groups is 1. The number of nitrogens with zero attached hydrogens (tertiary/aromatic N) is 4. The summed E-state index contributed by atoms with van der Waals surface area (Å²) in [5, 5.41) is 11.8. The number of hydrogen-bond acceptors (Lipinski definition) is 4. The second-order valence-electron chi connectivity index (χ2n) is 5.22. The smallest absolute Gasteiger partial charge is 0.304 e. The summed E-state index contributed by atoms with van der Waals surface area (Å²) in [6.45, 7) is 0. The molecule has 0 radical (unpaired) electrons. The van der Waals surface area contributed by atoms with Crippen LogP contribution in [0.25, 0.3) is 28.2 Å². The van der Waals surface area contributed by atoms with Gasteiger partial charge in [0.2, 0.25) is 0 Å². The van der Waals surface area contributed by atoms with Crippen molar-refractivity contribution in [3.63, 3.8) is 0 Å². The van der Waals surface area contributed by atoms with Crippen molar-refractivity contribution in [2.45, 2.75) is 0 Å². The van der Waals surface area contributed by atoms with Crippen molar-refractivity contribution < 1.29 is 4.92 Å². The van der Waals surface area contributed by atoms with E-state index in [9.17, 15) is 10.1 Å². The van der Waals surface area contributed by atoms with Crippen LogP contribution in [0.15, 0.2) is 73.2 Å². The third-order valence-corrected chi connectivity index (χ3v) is 3.83. The van der Waals surface area contributed by atoms with E-state index in [0.29, 0.717) is 28.2 Å². The van der Waals surface area contributed by atoms with E-state index >= 15 is 0 Å². The first-order valence-corrected chi connectivity index (χ1v) is 7.37. The summed E-state index contributed by atoms with van der Waals surface area (Å²) in [7, 11) is 0. The van der Waals surface area contributed by atoms with Gasteiger partial charge in [-0.25, -0.2) is 0 Å². The fraction of sp³-hybridized carbons (Fsp3) is 0. The molecule has 0 saturated carbocycles. The first kappa shape index (κ1) is 14.1. The Hall–Kier alpha value is -3.54. The minimum Gasteiger partial charge on any atom is -0.308 e. The van der Waals surface area contributed by atoms with Crippen molar-refractivity contribution >= 4 is 11.2 Å². The highest BCUT2D eigenvalue weighted by molar-refractivity contribution is 5.94. The molecule has 0 bridgehead atoms. The SMILES string of the molecule is O=[N+]([O-])c1c(-c2ccccn2)c(-c2ccccn2)n2ccccc12. The van der Waals surface area contributed by atoms with Crippen LogP contribution in [0.3, 0.4) is 0 Å². The van der Waals surface area contributed by atoms with Crippen LogP contribution in [0, 0.1) is 10.1 Å². The molecule has 0 saturated heterocycles. The Bertz CT molecular complexity index is 1030. The van der Waals surface area contributed by atoms with Gasteiger partial charge in [-0.05, 0) is 36.4 Å². The Morgan fingerprint density at radius 1 is 0.875 bits per heavy atom. The lowest BCUT2D eigenvalue weighted by molar-refractivity contribution is -0.382. The summed E-state index contributed by atoms with van der Waals surface area (Å²) >= 11 is 0. The lowest BCUT2D eigenvalue weighted by Gasteiger charge is -2.04. The topological polar surface area (TPSA) is 73.3 Å². The minimum atomic E-state index is -0.355. The summed E-state index contributed by atoms with van der Waals surface area (Å²) in [5.41, 5.74) is 2.90. The van der Waals surface area contributed by atoms with Crippen LogP contribution in [-0.4, -0.2) is 19.3 Å². The van der Waals surface area contributed by atoms with Crippen LogP contribution in [0.4, 0.5) is 5.69 Å². The standard InChI is InChI=1S/C18H12N4O2/c23-22(24)18-15-9-3-6-12-21(15)17(14-8-2-5-11-20-14)16(18)13-7-1-4-10-19-13/h1-12H. The molecule has 0 aromatic carbocycles. The van der Waals surface area contributed by atoms with Gasteiger partial charge in [-0.2, -0.15) is 0 Å². The first-order chi connectivity index (χ1) is 11.8. The highest BCUT2D eigenvalue weighted by Crippen LogP contribution is 2.42. The molecule has 4 rings (SSSR count). The Morgan fingerprint density at radius 2 is 1.54 bits per heavy atom.